The summed E-state index contributed by atoms with van der Waals surface area (Å²) in [6, 6.07) is 7.52. The van der Waals surface area contributed by atoms with E-state index in [1.165, 1.54) is 12.7 Å². The van der Waals surface area contributed by atoms with Crippen molar-refractivity contribution in [2.75, 3.05) is 6.54 Å². The van der Waals surface area contributed by atoms with Crippen molar-refractivity contribution < 1.29 is 14.3 Å². The molecule has 2 aromatic rings. The molecule has 0 radical (unpaired) electrons. The molecule has 1 amide bonds. The molecule has 0 aromatic carbocycles. The van der Waals surface area contributed by atoms with Crippen LogP contribution < -0.4 is 5.32 Å². The highest BCUT2D eigenvalue weighted by Gasteiger charge is 2.42. The Kier molecular flexibility index (Phi) is 4.60. The molecule has 1 aliphatic rings. The fraction of sp³-hybridized carbons (Fsp3) is 0.500. The number of furan rings is 1. The van der Waals surface area contributed by atoms with Crippen LogP contribution in [0.15, 0.2) is 40.3 Å². The molecule has 1 saturated carbocycles. The number of hydrogen-bond donors (Lipinski definition) is 2. The SMILES string of the molecule is CC(O)(CNC(=O)C1(c2cccs2)CCCCC1)c1ccco1. The molecule has 0 aliphatic heterocycles. The van der Waals surface area contributed by atoms with Gasteiger partial charge < -0.3 is 14.8 Å². The second-order valence-corrected chi connectivity index (χ2v) is 7.50. The lowest BCUT2D eigenvalue weighted by molar-refractivity contribution is -0.129. The van der Waals surface area contributed by atoms with Gasteiger partial charge in [-0.15, -0.1) is 11.3 Å². The highest BCUT2D eigenvalue weighted by molar-refractivity contribution is 7.10. The van der Waals surface area contributed by atoms with E-state index in [1.807, 2.05) is 11.4 Å². The Bertz CT molecular complexity index is 625. The second kappa shape index (κ2) is 6.49. The average molecular weight is 333 g/mol. The number of hydrogen-bond acceptors (Lipinski definition) is 4. The van der Waals surface area contributed by atoms with Crippen molar-refractivity contribution >= 4 is 17.2 Å². The van der Waals surface area contributed by atoms with Crippen molar-refractivity contribution in [2.24, 2.45) is 0 Å². The van der Waals surface area contributed by atoms with Crippen LogP contribution >= 0.6 is 11.3 Å². The monoisotopic (exact) mass is 333 g/mol. The summed E-state index contributed by atoms with van der Waals surface area (Å²) in [4.78, 5) is 14.1. The summed E-state index contributed by atoms with van der Waals surface area (Å²) >= 11 is 1.65. The first-order valence-electron chi connectivity index (χ1n) is 8.13. The molecule has 23 heavy (non-hydrogen) atoms. The van der Waals surface area contributed by atoms with E-state index in [-0.39, 0.29) is 12.5 Å². The topological polar surface area (TPSA) is 62.5 Å². The molecule has 3 rings (SSSR count). The largest absolute Gasteiger partial charge is 0.466 e. The first-order chi connectivity index (χ1) is 11.0. The summed E-state index contributed by atoms with van der Waals surface area (Å²) in [6.07, 6.45) is 6.61. The van der Waals surface area contributed by atoms with Gasteiger partial charge in [-0.2, -0.15) is 0 Å². The Hall–Kier alpha value is -1.59. The van der Waals surface area contributed by atoms with E-state index in [0.717, 1.165) is 30.6 Å². The molecule has 0 bridgehead atoms. The molecule has 1 unspecified atom stereocenters. The number of nitrogens with one attached hydrogen (secondary N) is 1. The van der Waals surface area contributed by atoms with Crippen molar-refractivity contribution in [3.63, 3.8) is 0 Å². The van der Waals surface area contributed by atoms with Crippen molar-refractivity contribution in [1.82, 2.24) is 5.32 Å². The van der Waals surface area contributed by atoms with E-state index in [4.69, 9.17) is 4.42 Å². The van der Waals surface area contributed by atoms with E-state index in [0.29, 0.717) is 5.76 Å². The second-order valence-electron chi connectivity index (χ2n) is 6.55. The Morgan fingerprint density at radius 3 is 2.74 bits per heavy atom. The van der Waals surface area contributed by atoms with Crippen LogP contribution in [0.4, 0.5) is 0 Å². The average Bonchev–Trinajstić information content (AvgIpc) is 3.26. The predicted molar refractivity (Wildman–Crippen MR) is 90.4 cm³/mol. The van der Waals surface area contributed by atoms with Gasteiger partial charge in [-0.3, -0.25) is 4.79 Å². The third-order valence-corrected chi connectivity index (χ3v) is 5.85. The summed E-state index contributed by atoms with van der Waals surface area (Å²) < 4.78 is 5.27. The third kappa shape index (κ3) is 3.21. The lowest BCUT2D eigenvalue weighted by Gasteiger charge is -2.36. The molecule has 2 N–H and O–H groups in total. The lowest BCUT2D eigenvalue weighted by Crippen LogP contribution is -2.49. The standard InChI is InChI=1S/C18H23NO3S/c1-17(21,14-7-5-11-22-14)13-19-16(20)18(9-3-2-4-10-18)15-8-6-12-23-15/h5-8,11-12,21H,2-4,9-10,13H2,1H3,(H,19,20). The Labute approximate surface area is 140 Å². The summed E-state index contributed by atoms with van der Waals surface area (Å²) in [5.41, 5.74) is -1.64. The minimum atomic E-state index is -1.20. The molecule has 1 atom stereocenters. The van der Waals surface area contributed by atoms with Gasteiger partial charge in [-0.1, -0.05) is 25.3 Å². The maximum absolute atomic E-state index is 13.0. The minimum absolute atomic E-state index is 0.0199. The number of rotatable bonds is 5. The zero-order valence-corrected chi connectivity index (χ0v) is 14.2. The van der Waals surface area contributed by atoms with Gasteiger partial charge in [0.15, 0.2) is 0 Å². The van der Waals surface area contributed by atoms with Gasteiger partial charge in [0.25, 0.3) is 0 Å². The summed E-state index contributed by atoms with van der Waals surface area (Å²) in [6.45, 7) is 1.80. The quantitative estimate of drug-likeness (QED) is 0.879. The van der Waals surface area contributed by atoms with Gasteiger partial charge in [0, 0.05) is 4.88 Å². The van der Waals surface area contributed by atoms with Gasteiger partial charge in [0.2, 0.25) is 5.91 Å². The third-order valence-electron chi connectivity index (χ3n) is 4.78. The van der Waals surface area contributed by atoms with Gasteiger partial charge in [0.1, 0.15) is 11.4 Å². The van der Waals surface area contributed by atoms with E-state index in [9.17, 15) is 9.90 Å². The number of amides is 1. The van der Waals surface area contributed by atoms with Crippen LogP contribution in [0.2, 0.25) is 0 Å². The highest BCUT2D eigenvalue weighted by Crippen LogP contribution is 2.41. The van der Waals surface area contributed by atoms with Gasteiger partial charge in [-0.25, -0.2) is 0 Å². The van der Waals surface area contributed by atoms with Crippen molar-refractivity contribution in [3.05, 3.63) is 46.5 Å². The van der Waals surface area contributed by atoms with Crippen LogP contribution in [0.25, 0.3) is 0 Å². The maximum atomic E-state index is 13.0. The normalized spacial score (nSPS) is 19.9. The van der Waals surface area contributed by atoms with Crippen LogP contribution in [0.3, 0.4) is 0 Å². The number of carbonyl (C=O) groups is 1. The molecule has 1 fully saturated rings. The predicted octanol–water partition coefficient (Wildman–Crippen LogP) is 3.57. The fourth-order valence-corrected chi connectivity index (χ4v) is 4.37. The highest BCUT2D eigenvalue weighted by atomic mass is 32.1. The van der Waals surface area contributed by atoms with Gasteiger partial charge >= 0.3 is 0 Å². The molecule has 2 heterocycles. The van der Waals surface area contributed by atoms with Crippen LogP contribution in [-0.2, 0) is 15.8 Å². The molecule has 4 nitrogen and oxygen atoms in total. The van der Waals surface area contributed by atoms with Gasteiger partial charge in [0.05, 0.1) is 18.2 Å². The smallest absolute Gasteiger partial charge is 0.231 e. The van der Waals surface area contributed by atoms with Crippen LogP contribution in [0.1, 0.15) is 49.7 Å². The summed E-state index contributed by atoms with van der Waals surface area (Å²) in [7, 11) is 0. The van der Waals surface area contributed by atoms with E-state index in [2.05, 4.69) is 11.4 Å². The maximum Gasteiger partial charge on any atom is 0.231 e. The summed E-state index contributed by atoms with van der Waals surface area (Å²) in [5.74, 6) is 0.484. The lowest BCUT2D eigenvalue weighted by atomic mass is 9.72. The molecule has 2 aromatic heterocycles. The molecule has 5 heteroatoms. The van der Waals surface area contributed by atoms with E-state index >= 15 is 0 Å². The van der Waals surface area contributed by atoms with Crippen LogP contribution in [-0.4, -0.2) is 17.6 Å². The van der Waals surface area contributed by atoms with Crippen LogP contribution in [0, 0.1) is 0 Å². The Morgan fingerprint density at radius 2 is 2.13 bits per heavy atom. The van der Waals surface area contributed by atoms with Crippen molar-refractivity contribution in [2.45, 2.75) is 50.0 Å². The summed E-state index contributed by atoms with van der Waals surface area (Å²) in [5, 5.41) is 15.5. The number of carbonyl (C=O) groups excluding carboxylic acids is 1. The van der Waals surface area contributed by atoms with Gasteiger partial charge in [-0.05, 0) is 43.3 Å². The first kappa shape index (κ1) is 16.3. The number of thiophene rings is 1. The molecular formula is C18H23NO3S. The molecule has 124 valence electrons. The van der Waals surface area contributed by atoms with Crippen molar-refractivity contribution in [1.29, 1.82) is 0 Å². The Morgan fingerprint density at radius 1 is 1.35 bits per heavy atom. The van der Waals surface area contributed by atoms with E-state index < -0.39 is 11.0 Å². The molecule has 0 saturated heterocycles. The molecule has 1 aliphatic carbocycles. The van der Waals surface area contributed by atoms with E-state index in [1.54, 1.807) is 30.4 Å². The fourth-order valence-electron chi connectivity index (χ4n) is 3.39. The zero-order valence-electron chi connectivity index (χ0n) is 13.4. The Balaban J connectivity index is 1.75. The van der Waals surface area contributed by atoms with Crippen molar-refractivity contribution in [3.8, 4) is 0 Å². The zero-order chi connectivity index (χ0) is 16.3. The first-order valence-corrected chi connectivity index (χ1v) is 9.01. The van der Waals surface area contributed by atoms with Crippen LogP contribution in [0.5, 0.6) is 0 Å². The molecular weight excluding hydrogens is 310 g/mol. The minimum Gasteiger partial charge on any atom is -0.466 e. The number of aliphatic hydroxyl groups is 1. The molecule has 0 spiro atoms.